The fourth-order valence-corrected chi connectivity index (χ4v) is 2.60. The number of thiazole rings is 1. The average molecular weight is 304 g/mol. The van der Waals surface area contributed by atoms with Gasteiger partial charge in [-0.05, 0) is 13.0 Å². The van der Waals surface area contributed by atoms with Gasteiger partial charge in [0, 0.05) is 18.2 Å². The number of carbonyl (C=O) groups excluding carboxylic acids is 1. The van der Waals surface area contributed by atoms with Crippen molar-refractivity contribution in [3.63, 3.8) is 0 Å². The molecule has 0 fully saturated rings. The summed E-state index contributed by atoms with van der Waals surface area (Å²) in [5.74, 6) is -0.387. The number of nitro benzene ring substituents is 1. The summed E-state index contributed by atoms with van der Waals surface area (Å²) in [4.78, 5) is 26.3. The first-order valence-corrected chi connectivity index (χ1v) is 6.64. The van der Waals surface area contributed by atoms with E-state index in [4.69, 9.17) is 4.52 Å². The summed E-state index contributed by atoms with van der Waals surface area (Å²) in [6, 6.07) is 5.83. The Bertz CT molecular complexity index is 854. The molecule has 0 radical (unpaired) electrons. The molecule has 9 heteroatoms. The van der Waals surface area contributed by atoms with Crippen LogP contribution in [-0.4, -0.2) is 21.0 Å². The first kappa shape index (κ1) is 13.2. The van der Waals surface area contributed by atoms with Crippen LogP contribution in [-0.2, 0) is 0 Å². The number of nitrogens with zero attached hydrogens (tertiary/aromatic N) is 3. The van der Waals surface area contributed by atoms with Gasteiger partial charge in [0.25, 0.3) is 11.6 Å². The quantitative estimate of drug-likeness (QED) is 0.588. The van der Waals surface area contributed by atoms with E-state index >= 15 is 0 Å². The van der Waals surface area contributed by atoms with Crippen LogP contribution in [0.1, 0.15) is 16.2 Å². The van der Waals surface area contributed by atoms with Crippen LogP contribution in [0.25, 0.3) is 10.2 Å². The number of amides is 1. The van der Waals surface area contributed by atoms with Crippen LogP contribution < -0.4 is 5.32 Å². The highest BCUT2D eigenvalue weighted by atomic mass is 32.1. The highest BCUT2D eigenvalue weighted by Crippen LogP contribution is 2.29. The van der Waals surface area contributed by atoms with Gasteiger partial charge >= 0.3 is 0 Å². The molecule has 3 aromatic rings. The van der Waals surface area contributed by atoms with Crippen molar-refractivity contribution in [2.45, 2.75) is 6.92 Å². The minimum atomic E-state index is -0.477. The maximum atomic E-state index is 11.9. The molecule has 0 atom stereocenters. The molecule has 0 unspecified atom stereocenters. The largest absolute Gasteiger partial charge is 0.351 e. The number of rotatable bonds is 3. The van der Waals surface area contributed by atoms with E-state index in [0.29, 0.717) is 21.0 Å². The first-order chi connectivity index (χ1) is 10.0. The van der Waals surface area contributed by atoms with E-state index < -0.39 is 10.8 Å². The number of aryl methyl sites for hydroxylation is 1. The van der Waals surface area contributed by atoms with Crippen LogP contribution >= 0.6 is 11.3 Å². The Morgan fingerprint density at radius 3 is 2.90 bits per heavy atom. The van der Waals surface area contributed by atoms with Crippen molar-refractivity contribution in [1.29, 1.82) is 0 Å². The minimum Gasteiger partial charge on any atom is -0.351 e. The van der Waals surface area contributed by atoms with E-state index in [1.54, 1.807) is 6.92 Å². The molecule has 0 aliphatic carbocycles. The molecule has 0 spiro atoms. The van der Waals surface area contributed by atoms with E-state index in [1.165, 1.54) is 24.3 Å². The Balaban J connectivity index is 1.87. The summed E-state index contributed by atoms with van der Waals surface area (Å²) < 4.78 is 5.47. The smallest absolute Gasteiger partial charge is 0.296 e. The summed E-state index contributed by atoms with van der Waals surface area (Å²) in [7, 11) is 0. The number of hydrogen-bond donors (Lipinski definition) is 1. The van der Waals surface area contributed by atoms with Crippen LogP contribution in [0.5, 0.6) is 0 Å². The van der Waals surface area contributed by atoms with Crippen LogP contribution in [0.3, 0.4) is 0 Å². The van der Waals surface area contributed by atoms with E-state index in [1.807, 2.05) is 0 Å². The van der Waals surface area contributed by atoms with Crippen molar-refractivity contribution in [2.24, 2.45) is 0 Å². The molecule has 1 aromatic carbocycles. The third-order valence-corrected chi connectivity index (χ3v) is 3.59. The summed E-state index contributed by atoms with van der Waals surface area (Å²) >= 11 is 1.15. The van der Waals surface area contributed by atoms with Crippen molar-refractivity contribution >= 4 is 38.3 Å². The maximum absolute atomic E-state index is 11.9. The van der Waals surface area contributed by atoms with Crippen molar-refractivity contribution in [3.05, 3.63) is 45.8 Å². The van der Waals surface area contributed by atoms with Crippen LogP contribution in [0.4, 0.5) is 10.8 Å². The number of carbonyl (C=O) groups is 1. The van der Waals surface area contributed by atoms with Gasteiger partial charge in [-0.25, -0.2) is 4.98 Å². The van der Waals surface area contributed by atoms with Gasteiger partial charge in [0.15, 0.2) is 5.13 Å². The zero-order chi connectivity index (χ0) is 15.0. The topological polar surface area (TPSA) is 111 Å². The standard InChI is InChI=1S/C12H8N4O4S/c1-6-4-9(20-15-6)11(17)14-12-13-8-3-2-7(16(18)19)5-10(8)21-12/h2-5H,1H3,(H,13,14,17). The molecule has 1 N–H and O–H groups in total. The highest BCUT2D eigenvalue weighted by Gasteiger charge is 2.15. The highest BCUT2D eigenvalue weighted by molar-refractivity contribution is 7.22. The van der Waals surface area contributed by atoms with E-state index in [0.717, 1.165) is 11.3 Å². The molecule has 0 aliphatic heterocycles. The van der Waals surface area contributed by atoms with Gasteiger partial charge in [0.1, 0.15) is 0 Å². The molecule has 21 heavy (non-hydrogen) atoms. The monoisotopic (exact) mass is 304 g/mol. The molecule has 0 bridgehead atoms. The summed E-state index contributed by atoms with van der Waals surface area (Å²) in [6.07, 6.45) is 0. The summed E-state index contributed by atoms with van der Waals surface area (Å²) in [6.45, 7) is 1.71. The fourth-order valence-electron chi connectivity index (χ4n) is 1.71. The van der Waals surface area contributed by atoms with Crippen LogP contribution in [0, 0.1) is 17.0 Å². The molecule has 2 aromatic heterocycles. The molecular weight excluding hydrogens is 296 g/mol. The zero-order valence-electron chi connectivity index (χ0n) is 10.7. The van der Waals surface area contributed by atoms with Gasteiger partial charge < -0.3 is 4.52 Å². The van der Waals surface area contributed by atoms with E-state index in [9.17, 15) is 14.9 Å². The second kappa shape index (κ2) is 4.94. The average Bonchev–Trinajstić information content (AvgIpc) is 3.03. The maximum Gasteiger partial charge on any atom is 0.296 e. The van der Waals surface area contributed by atoms with E-state index in [-0.39, 0.29) is 11.4 Å². The normalized spacial score (nSPS) is 10.7. The number of nitrogens with one attached hydrogen (secondary N) is 1. The second-order valence-electron chi connectivity index (χ2n) is 4.21. The number of hydrogen-bond acceptors (Lipinski definition) is 7. The van der Waals surface area contributed by atoms with Gasteiger partial charge in [0.05, 0.1) is 20.8 Å². The molecule has 2 heterocycles. The Kier molecular flexibility index (Phi) is 3.10. The van der Waals surface area contributed by atoms with Crippen molar-refractivity contribution in [3.8, 4) is 0 Å². The zero-order valence-corrected chi connectivity index (χ0v) is 11.5. The number of fused-ring (bicyclic) bond motifs is 1. The number of non-ortho nitro benzene ring substituents is 1. The van der Waals surface area contributed by atoms with Gasteiger partial charge in [-0.15, -0.1) is 0 Å². The SMILES string of the molecule is Cc1cc(C(=O)Nc2nc3ccc([N+](=O)[O-])cc3s2)on1. The summed E-state index contributed by atoms with van der Waals surface area (Å²) in [5.41, 5.74) is 1.16. The third kappa shape index (κ3) is 2.58. The molecule has 0 saturated heterocycles. The summed E-state index contributed by atoms with van der Waals surface area (Å²) in [5, 5.41) is 17.3. The predicted molar refractivity (Wildman–Crippen MR) is 75.5 cm³/mol. The van der Waals surface area contributed by atoms with E-state index in [2.05, 4.69) is 15.5 Å². The fraction of sp³-hybridized carbons (Fsp3) is 0.0833. The third-order valence-electron chi connectivity index (χ3n) is 2.66. The number of nitro groups is 1. The van der Waals surface area contributed by atoms with Gasteiger partial charge in [-0.1, -0.05) is 16.5 Å². The lowest BCUT2D eigenvalue weighted by Crippen LogP contribution is -2.10. The lowest BCUT2D eigenvalue weighted by atomic mass is 10.3. The predicted octanol–water partition coefficient (Wildman–Crippen LogP) is 2.75. The molecule has 0 saturated carbocycles. The second-order valence-corrected chi connectivity index (χ2v) is 5.25. The molecule has 1 amide bonds. The van der Waals surface area contributed by atoms with Crippen LogP contribution in [0.2, 0.25) is 0 Å². The number of aromatic nitrogens is 2. The first-order valence-electron chi connectivity index (χ1n) is 5.82. The molecule has 3 rings (SSSR count). The van der Waals surface area contributed by atoms with Crippen molar-refractivity contribution < 1.29 is 14.2 Å². The van der Waals surface area contributed by atoms with Crippen LogP contribution in [0.15, 0.2) is 28.8 Å². The van der Waals surface area contributed by atoms with Gasteiger partial charge in [0.2, 0.25) is 5.76 Å². The molecule has 8 nitrogen and oxygen atoms in total. The van der Waals surface area contributed by atoms with Gasteiger partial charge in [-0.3, -0.25) is 20.2 Å². The van der Waals surface area contributed by atoms with Crippen molar-refractivity contribution in [2.75, 3.05) is 5.32 Å². The Morgan fingerprint density at radius 1 is 1.43 bits per heavy atom. The van der Waals surface area contributed by atoms with Gasteiger partial charge in [-0.2, -0.15) is 0 Å². The Labute approximate surface area is 121 Å². The lowest BCUT2D eigenvalue weighted by Gasteiger charge is -1.95. The Hall–Kier alpha value is -2.81. The van der Waals surface area contributed by atoms with Crippen molar-refractivity contribution in [1.82, 2.24) is 10.1 Å². The lowest BCUT2D eigenvalue weighted by molar-refractivity contribution is -0.384. The molecule has 106 valence electrons. The minimum absolute atomic E-state index is 0.0186. The Morgan fingerprint density at radius 2 is 2.24 bits per heavy atom. The molecule has 0 aliphatic rings. The number of benzene rings is 1. The number of anilines is 1. The molecular formula is C12H8N4O4S.